The molecule has 2 atom stereocenters. The smallest absolute Gasteiger partial charge is 0.0436 e. The Labute approximate surface area is 92.4 Å². The van der Waals surface area contributed by atoms with Gasteiger partial charge in [0.1, 0.15) is 0 Å². The fraction of sp³-hybridized carbons (Fsp3) is 1.00. The van der Waals surface area contributed by atoms with Crippen molar-refractivity contribution in [3.63, 3.8) is 0 Å². The summed E-state index contributed by atoms with van der Waals surface area (Å²) in [6, 6.07) is 1.04. The quantitative estimate of drug-likeness (QED) is 0.637. The molecule has 2 fully saturated rings. The van der Waals surface area contributed by atoms with Crippen LogP contribution in [-0.4, -0.2) is 30.3 Å². The fourth-order valence-corrected chi connectivity index (χ4v) is 2.70. The average molecular weight is 212 g/mol. The van der Waals surface area contributed by atoms with Crippen LogP contribution in [0.2, 0.25) is 0 Å². The van der Waals surface area contributed by atoms with Crippen molar-refractivity contribution in [1.29, 1.82) is 0 Å². The predicted octanol–water partition coefficient (Wildman–Crippen LogP) is 1.01. The Bertz CT molecular complexity index is 204. The van der Waals surface area contributed by atoms with Crippen LogP contribution in [0.4, 0.5) is 0 Å². The minimum atomic E-state index is 0.339. The molecule has 0 spiro atoms. The first-order chi connectivity index (χ1) is 7.24. The van der Waals surface area contributed by atoms with E-state index in [1.165, 1.54) is 32.1 Å². The summed E-state index contributed by atoms with van der Waals surface area (Å²) in [7, 11) is 0. The summed E-state index contributed by atoms with van der Waals surface area (Å²) in [5.41, 5.74) is 6.40. The van der Waals surface area contributed by atoms with Gasteiger partial charge in [0.05, 0.1) is 0 Å². The first kappa shape index (κ1) is 11.4. The maximum Gasteiger partial charge on any atom is 0.0436 e. The first-order valence-corrected chi connectivity index (χ1v) is 6.34. The molecule has 0 bridgehead atoms. The lowest BCUT2D eigenvalue weighted by Gasteiger charge is -2.29. The van der Waals surface area contributed by atoms with Crippen molar-refractivity contribution in [3.8, 4) is 0 Å². The van der Waals surface area contributed by atoms with Crippen LogP contribution in [0.1, 0.15) is 44.9 Å². The zero-order valence-electron chi connectivity index (χ0n) is 9.54. The Morgan fingerprint density at radius 3 is 2.73 bits per heavy atom. The molecule has 3 nitrogen and oxygen atoms in total. The van der Waals surface area contributed by atoms with Gasteiger partial charge < -0.3 is 16.2 Å². The average Bonchev–Trinajstić information content (AvgIpc) is 2.97. The molecule has 2 rings (SSSR count). The number of aliphatic hydroxyl groups is 1. The molecule has 2 aliphatic rings. The van der Waals surface area contributed by atoms with Crippen molar-refractivity contribution in [2.24, 2.45) is 11.1 Å². The Hall–Kier alpha value is -0.120. The molecule has 4 N–H and O–H groups in total. The summed E-state index contributed by atoms with van der Waals surface area (Å²) in [6.07, 6.45) is 8.43. The van der Waals surface area contributed by atoms with E-state index in [0.717, 1.165) is 19.4 Å². The number of nitrogens with two attached hydrogens (primary N) is 1. The molecule has 2 unspecified atom stereocenters. The lowest BCUT2D eigenvalue weighted by Crippen LogP contribution is -2.41. The summed E-state index contributed by atoms with van der Waals surface area (Å²) in [4.78, 5) is 0. The highest BCUT2D eigenvalue weighted by molar-refractivity contribution is 4.95. The monoisotopic (exact) mass is 212 g/mol. The highest BCUT2D eigenvalue weighted by Gasteiger charge is 2.41. The second-order valence-corrected chi connectivity index (χ2v) is 5.48. The topological polar surface area (TPSA) is 58.3 Å². The normalized spacial score (nSPS) is 34.0. The van der Waals surface area contributed by atoms with Gasteiger partial charge >= 0.3 is 0 Å². The number of aliphatic hydroxyl groups excluding tert-OH is 1. The zero-order valence-corrected chi connectivity index (χ0v) is 9.54. The molecule has 2 saturated carbocycles. The summed E-state index contributed by atoms with van der Waals surface area (Å²) >= 11 is 0. The fourth-order valence-electron chi connectivity index (χ4n) is 2.70. The van der Waals surface area contributed by atoms with Crippen molar-refractivity contribution in [2.75, 3.05) is 13.2 Å². The highest BCUT2D eigenvalue weighted by atomic mass is 16.3. The molecule has 0 heterocycles. The van der Waals surface area contributed by atoms with E-state index in [1.54, 1.807) is 0 Å². The predicted molar refractivity (Wildman–Crippen MR) is 61.6 cm³/mol. The minimum Gasteiger partial charge on any atom is -0.396 e. The van der Waals surface area contributed by atoms with Crippen molar-refractivity contribution < 1.29 is 5.11 Å². The van der Waals surface area contributed by atoms with E-state index in [4.69, 9.17) is 10.8 Å². The lowest BCUT2D eigenvalue weighted by atomic mass is 9.91. The van der Waals surface area contributed by atoms with Crippen LogP contribution in [0, 0.1) is 5.41 Å². The molecule has 0 aromatic rings. The highest BCUT2D eigenvalue weighted by Crippen LogP contribution is 2.48. The van der Waals surface area contributed by atoms with Crippen molar-refractivity contribution in [2.45, 2.75) is 57.0 Å². The third-order valence-electron chi connectivity index (χ3n) is 4.08. The van der Waals surface area contributed by atoms with Crippen LogP contribution in [0.15, 0.2) is 0 Å². The zero-order chi connectivity index (χ0) is 10.7. The van der Waals surface area contributed by atoms with Crippen LogP contribution in [0.5, 0.6) is 0 Å². The van der Waals surface area contributed by atoms with Gasteiger partial charge in [-0.2, -0.15) is 0 Å². The molecular formula is C12H24N2O. The molecule has 88 valence electrons. The van der Waals surface area contributed by atoms with Gasteiger partial charge in [0.2, 0.25) is 0 Å². The molecule has 15 heavy (non-hydrogen) atoms. The molecule has 0 saturated heterocycles. The standard InChI is InChI=1S/C12H24N2O/c13-10-2-1-3-11(8-10)14-9-12(4-5-12)6-7-15/h10-11,14-15H,1-9,13H2. The Morgan fingerprint density at radius 1 is 1.33 bits per heavy atom. The van der Waals surface area contributed by atoms with E-state index in [2.05, 4.69) is 5.32 Å². The van der Waals surface area contributed by atoms with Crippen molar-refractivity contribution in [1.82, 2.24) is 5.32 Å². The minimum absolute atomic E-state index is 0.339. The molecule has 0 radical (unpaired) electrons. The largest absolute Gasteiger partial charge is 0.396 e. The summed E-state index contributed by atoms with van der Waals surface area (Å²) < 4.78 is 0. The molecule has 0 aromatic carbocycles. The van der Waals surface area contributed by atoms with Crippen LogP contribution in [0.3, 0.4) is 0 Å². The van der Waals surface area contributed by atoms with Crippen LogP contribution in [-0.2, 0) is 0 Å². The van der Waals surface area contributed by atoms with Gasteiger partial charge in [-0.1, -0.05) is 6.42 Å². The van der Waals surface area contributed by atoms with Crippen LogP contribution >= 0.6 is 0 Å². The van der Waals surface area contributed by atoms with E-state index in [1.807, 2.05) is 0 Å². The van der Waals surface area contributed by atoms with Gasteiger partial charge in [0, 0.05) is 25.2 Å². The molecule has 0 amide bonds. The SMILES string of the molecule is NC1CCCC(NCC2(CCO)CC2)C1. The summed E-state index contributed by atoms with van der Waals surface area (Å²) in [5, 5.41) is 12.6. The van der Waals surface area contributed by atoms with Gasteiger partial charge in [-0.15, -0.1) is 0 Å². The number of hydrogen-bond donors (Lipinski definition) is 3. The molecule has 2 aliphatic carbocycles. The van der Waals surface area contributed by atoms with E-state index in [0.29, 0.717) is 24.1 Å². The Kier molecular flexibility index (Phi) is 3.65. The van der Waals surface area contributed by atoms with E-state index in [-0.39, 0.29) is 0 Å². The van der Waals surface area contributed by atoms with Crippen molar-refractivity contribution >= 4 is 0 Å². The molecule has 3 heteroatoms. The second-order valence-electron chi connectivity index (χ2n) is 5.48. The van der Waals surface area contributed by atoms with Gasteiger partial charge in [0.25, 0.3) is 0 Å². The molecule has 0 aliphatic heterocycles. The van der Waals surface area contributed by atoms with Crippen molar-refractivity contribution in [3.05, 3.63) is 0 Å². The van der Waals surface area contributed by atoms with Gasteiger partial charge in [-0.3, -0.25) is 0 Å². The summed E-state index contributed by atoms with van der Waals surface area (Å²) in [6.45, 7) is 1.43. The molecule has 0 aromatic heterocycles. The van der Waals surface area contributed by atoms with Gasteiger partial charge in [-0.05, 0) is 43.9 Å². The van der Waals surface area contributed by atoms with Gasteiger partial charge in [0.15, 0.2) is 0 Å². The molecular weight excluding hydrogens is 188 g/mol. The number of hydrogen-bond acceptors (Lipinski definition) is 3. The van der Waals surface area contributed by atoms with E-state index < -0.39 is 0 Å². The Morgan fingerprint density at radius 2 is 2.13 bits per heavy atom. The maximum absolute atomic E-state index is 8.97. The van der Waals surface area contributed by atoms with E-state index in [9.17, 15) is 0 Å². The third-order valence-corrected chi connectivity index (χ3v) is 4.08. The summed E-state index contributed by atoms with van der Waals surface area (Å²) in [5.74, 6) is 0. The number of rotatable bonds is 5. The van der Waals surface area contributed by atoms with Crippen LogP contribution in [0.25, 0.3) is 0 Å². The maximum atomic E-state index is 8.97. The Balaban J connectivity index is 1.68. The third kappa shape index (κ3) is 3.16. The number of nitrogens with one attached hydrogen (secondary N) is 1. The first-order valence-electron chi connectivity index (χ1n) is 6.34. The lowest BCUT2D eigenvalue weighted by molar-refractivity contribution is 0.235. The second kappa shape index (κ2) is 4.81. The van der Waals surface area contributed by atoms with Crippen LogP contribution < -0.4 is 11.1 Å². The van der Waals surface area contributed by atoms with E-state index >= 15 is 0 Å². The van der Waals surface area contributed by atoms with Gasteiger partial charge in [-0.25, -0.2) is 0 Å².